The van der Waals surface area contributed by atoms with E-state index >= 15 is 0 Å². The standard InChI is InChI=1S/C12H20N2S2/c1-2-10-8-14(5-7-15-10)9-11(13)12-4-3-6-16-12/h3-4,6,10-11H,2,5,7-9,13H2,1H3. The van der Waals surface area contributed by atoms with E-state index in [4.69, 9.17) is 5.73 Å². The van der Waals surface area contributed by atoms with E-state index in [2.05, 4.69) is 41.1 Å². The van der Waals surface area contributed by atoms with Crippen LogP contribution in [0.25, 0.3) is 0 Å². The number of thioether (sulfide) groups is 1. The maximum Gasteiger partial charge on any atom is 0.0519 e. The zero-order valence-electron chi connectivity index (χ0n) is 9.76. The molecule has 1 aromatic heterocycles. The van der Waals surface area contributed by atoms with Crippen molar-refractivity contribution in [2.75, 3.05) is 25.4 Å². The first-order valence-corrected chi connectivity index (χ1v) is 7.85. The van der Waals surface area contributed by atoms with Gasteiger partial charge in [-0.1, -0.05) is 13.0 Å². The van der Waals surface area contributed by atoms with E-state index in [1.807, 2.05) is 0 Å². The van der Waals surface area contributed by atoms with Crippen LogP contribution in [-0.2, 0) is 0 Å². The topological polar surface area (TPSA) is 29.3 Å². The highest BCUT2D eigenvalue weighted by Crippen LogP contribution is 2.23. The summed E-state index contributed by atoms with van der Waals surface area (Å²) in [6.45, 7) is 5.69. The lowest BCUT2D eigenvalue weighted by Crippen LogP contribution is -2.41. The summed E-state index contributed by atoms with van der Waals surface area (Å²) >= 11 is 3.88. The van der Waals surface area contributed by atoms with E-state index in [-0.39, 0.29) is 6.04 Å². The van der Waals surface area contributed by atoms with Crippen molar-refractivity contribution in [2.24, 2.45) is 5.73 Å². The quantitative estimate of drug-likeness (QED) is 0.898. The third-order valence-electron chi connectivity index (χ3n) is 3.04. The Morgan fingerprint density at radius 3 is 3.19 bits per heavy atom. The summed E-state index contributed by atoms with van der Waals surface area (Å²) < 4.78 is 0. The van der Waals surface area contributed by atoms with Crippen molar-refractivity contribution in [3.63, 3.8) is 0 Å². The van der Waals surface area contributed by atoms with Gasteiger partial charge in [0.25, 0.3) is 0 Å². The van der Waals surface area contributed by atoms with Gasteiger partial charge < -0.3 is 5.73 Å². The minimum Gasteiger partial charge on any atom is -0.322 e. The molecule has 0 aliphatic carbocycles. The molecule has 1 aromatic rings. The third kappa shape index (κ3) is 3.23. The smallest absolute Gasteiger partial charge is 0.0519 e. The van der Waals surface area contributed by atoms with E-state index in [0.717, 1.165) is 11.8 Å². The van der Waals surface area contributed by atoms with E-state index in [9.17, 15) is 0 Å². The third-order valence-corrected chi connectivity index (χ3v) is 5.42. The second-order valence-electron chi connectivity index (χ2n) is 4.28. The highest BCUT2D eigenvalue weighted by Gasteiger charge is 2.21. The summed E-state index contributed by atoms with van der Waals surface area (Å²) in [5.74, 6) is 1.26. The molecule has 0 aromatic carbocycles. The molecule has 2 unspecified atom stereocenters. The maximum atomic E-state index is 6.22. The van der Waals surface area contributed by atoms with Crippen LogP contribution in [0.15, 0.2) is 17.5 Å². The molecule has 90 valence electrons. The summed E-state index contributed by atoms with van der Waals surface area (Å²) in [6.07, 6.45) is 1.27. The number of nitrogens with two attached hydrogens (primary N) is 1. The second-order valence-corrected chi connectivity index (χ2v) is 6.67. The first kappa shape index (κ1) is 12.4. The molecule has 2 nitrogen and oxygen atoms in total. The van der Waals surface area contributed by atoms with Gasteiger partial charge in [0.15, 0.2) is 0 Å². The number of nitrogens with zero attached hydrogens (tertiary/aromatic N) is 1. The van der Waals surface area contributed by atoms with Crippen LogP contribution in [0.4, 0.5) is 0 Å². The van der Waals surface area contributed by atoms with Gasteiger partial charge in [-0.15, -0.1) is 11.3 Å². The summed E-state index contributed by atoms with van der Waals surface area (Å²) in [7, 11) is 0. The Labute approximate surface area is 106 Å². The predicted octanol–water partition coefficient (Wildman–Crippen LogP) is 2.58. The lowest BCUT2D eigenvalue weighted by molar-refractivity contribution is 0.265. The number of hydrogen-bond donors (Lipinski definition) is 1. The summed E-state index contributed by atoms with van der Waals surface area (Å²) in [5, 5.41) is 2.92. The van der Waals surface area contributed by atoms with Gasteiger partial charge >= 0.3 is 0 Å². The number of hydrogen-bond acceptors (Lipinski definition) is 4. The lowest BCUT2D eigenvalue weighted by atomic mass is 10.2. The van der Waals surface area contributed by atoms with Gasteiger partial charge in [0.1, 0.15) is 0 Å². The predicted molar refractivity (Wildman–Crippen MR) is 74.2 cm³/mol. The summed E-state index contributed by atoms with van der Waals surface area (Å²) in [6, 6.07) is 4.42. The summed E-state index contributed by atoms with van der Waals surface area (Å²) in [4.78, 5) is 3.83. The fourth-order valence-corrected chi connectivity index (χ4v) is 4.03. The molecule has 2 heterocycles. The van der Waals surface area contributed by atoms with Crippen LogP contribution in [0, 0.1) is 0 Å². The van der Waals surface area contributed by atoms with Gasteiger partial charge in [-0.05, 0) is 17.9 Å². The zero-order chi connectivity index (χ0) is 11.4. The van der Waals surface area contributed by atoms with Crippen molar-refractivity contribution in [1.29, 1.82) is 0 Å². The Hall–Kier alpha value is -0.0300. The molecule has 0 saturated carbocycles. The Morgan fingerprint density at radius 1 is 1.62 bits per heavy atom. The highest BCUT2D eigenvalue weighted by atomic mass is 32.2. The number of rotatable bonds is 4. The minimum absolute atomic E-state index is 0.195. The lowest BCUT2D eigenvalue weighted by Gasteiger charge is -2.33. The van der Waals surface area contributed by atoms with E-state index in [1.165, 1.54) is 30.1 Å². The van der Waals surface area contributed by atoms with Gasteiger partial charge in [0.2, 0.25) is 0 Å². The van der Waals surface area contributed by atoms with Gasteiger partial charge in [-0.3, -0.25) is 4.90 Å². The molecule has 1 saturated heterocycles. The molecular weight excluding hydrogens is 236 g/mol. The SMILES string of the molecule is CCC1CN(CC(N)c2cccs2)CCS1. The number of thiophene rings is 1. The van der Waals surface area contributed by atoms with Crippen molar-refractivity contribution in [3.05, 3.63) is 22.4 Å². The van der Waals surface area contributed by atoms with Gasteiger partial charge in [-0.25, -0.2) is 0 Å². The highest BCUT2D eigenvalue weighted by molar-refractivity contribution is 8.00. The van der Waals surface area contributed by atoms with Crippen LogP contribution >= 0.6 is 23.1 Å². The Bertz CT molecular complexity index is 300. The first-order valence-electron chi connectivity index (χ1n) is 5.92. The van der Waals surface area contributed by atoms with Crippen molar-refractivity contribution in [2.45, 2.75) is 24.6 Å². The molecule has 2 rings (SSSR count). The molecule has 0 spiro atoms. The fraction of sp³-hybridized carbons (Fsp3) is 0.667. The van der Waals surface area contributed by atoms with Gasteiger partial charge in [0.05, 0.1) is 6.04 Å². The van der Waals surface area contributed by atoms with Crippen molar-refractivity contribution >= 4 is 23.1 Å². The molecule has 0 radical (unpaired) electrons. The second kappa shape index (κ2) is 6.05. The van der Waals surface area contributed by atoms with Gasteiger partial charge in [-0.2, -0.15) is 11.8 Å². The molecule has 16 heavy (non-hydrogen) atoms. The Kier molecular flexibility index (Phi) is 4.70. The van der Waals surface area contributed by atoms with Crippen LogP contribution in [0.5, 0.6) is 0 Å². The van der Waals surface area contributed by atoms with Crippen LogP contribution in [0.3, 0.4) is 0 Å². The summed E-state index contributed by atoms with van der Waals surface area (Å²) in [5.41, 5.74) is 6.22. The normalized spacial score (nSPS) is 24.5. The fourth-order valence-electron chi connectivity index (χ4n) is 2.06. The molecule has 1 aliphatic rings. The van der Waals surface area contributed by atoms with Crippen molar-refractivity contribution in [3.8, 4) is 0 Å². The zero-order valence-corrected chi connectivity index (χ0v) is 11.4. The molecule has 2 N–H and O–H groups in total. The van der Waals surface area contributed by atoms with E-state index in [1.54, 1.807) is 11.3 Å². The molecule has 1 fully saturated rings. The molecule has 0 amide bonds. The van der Waals surface area contributed by atoms with E-state index in [0.29, 0.717) is 0 Å². The average Bonchev–Trinajstić information content (AvgIpc) is 2.83. The minimum atomic E-state index is 0.195. The van der Waals surface area contributed by atoms with Crippen molar-refractivity contribution < 1.29 is 0 Å². The molecule has 2 atom stereocenters. The molecule has 1 aliphatic heterocycles. The van der Waals surface area contributed by atoms with Crippen molar-refractivity contribution in [1.82, 2.24) is 4.90 Å². The average molecular weight is 256 g/mol. The molecule has 4 heteroatoms. The Balaban J connectivity index is 1.84. The van der Waals surface area contributed by atoms with Crippen LogP contribution in [0.2, 0.25) is 0 Å². The monoisotopic (exact) mass is 256 g/mol. The van der Waals surface area contributed by atoms with Crippen LogP contribution in [0.1, 0.15) is 24.3 Å². The maximum absolute atomic E-state index is 6.22. The molecule has 0 bridgehead atoms. The van der Waals surface area contributed by atoms with Gasteiger partial charge in [0, 0.05) is 35.5 Å². The van der Waals surface area contributed by atoms with Crippen LogP contribution in [-0.4, -0.2) is 35.5 Å². The van der Waals surface area contributed by atoms with Crippen LogP contribution < -0.4 is 5.73 Å². The largest absolute Gasteiger partial charge is 0.322 e. The van der Waals surface area contributed by atoms with E-state index < -0.39 is 0 Å². The molecular formula is C12H20N2S2. The Morgan fingerprint density at radius 2 is 2.50 bits per heavy atom. The first-order chi connectivity index (χ1) is 7.79.